The second-order valence-electron chi connectivity index (χ2n) is 10.7. The van der Waals surface area contributed by atoms with E-state index in [1.54, 1.807) is 0 Å². The molecule has 0 radical (unpaired) electrons. The van der Waals surface area contributed by atoms with Gasteiger partial charge in [-0.15, -0.1) is 0 Å². The first-order chi connectivity index (χ1) is 12.4. The molecule has 3 saturated carbocycles. The lowest BCUT2D eigenvalue weighted by Crippen LogP contribution is -2.51. The van der Waals surface area contributed by atoms with E-state index in [2.05, 4.69) is 32.9 Å². The minimum absolute atomic E-state index is 0.337. The molecule has 0 saturated heterocycles. The van der Waals surface area contributed by atoms with E-state index in [4.69, 9.17) is 5.11 Å². The Bertz CT molecular complexity index is 581. The lowest BCUT2D eigenvalue weighted by atomic mass is 9.46. The molecule has 0 spiro atoms. The maximum Gasteiger partial charge on any atom is 0.303 e. The molecule has 8 atom stereocenters. The fourth-order valence-electron chi connectivity index (χ4n) is 8.18. The SMILES string of the molecule is C[C@H](CCC(=O)O)[C@H]1CC[C@H]2[C@@H]3C=C[C@@H]4CCCC[C@]4(C)[C@H]3CC[C@]12C. The van der Waals surface area contributed by atoms with E-state index < -0.39 is 5.97 Å². The Kier molecular flexibility index (Phi) is 4.77. The first-order valence-corrected chi connectivity index (χ1v) is 11.3. The van der Waals surface area contributed by atoms with Crippen LogP contribution in [0.5, 0.6) is 0 Å². The molecule has 2 nitrogen and oxygen atoms in total. The zero-order valence-corrected chi connectivity index (χ0v) is 17.0. The van der Waals surface area contributed by atoms with Gasteiger partial charge >= 0.3 is 5.97 Å². The largest absolute Gasteiger partial charge is 0.481 e. The Morgan fingerprint density at radius 1 is 1.04 bits per heavy atom. The molecular formula is C24H38O2. The molecule has 0 bridgehead atoms. The number of carbonyl (C=O) groups is 1. The molecule has 1 N–H and O–H groups in total. The molecule has 0 unspecified atom stereocenters. The van der Waals surface area contributed by atoms with Crippen molar-refractivity contribution in [2.75, 3.05) is 0 Å². The number of hydrogen-bond donors (Lipinski definition) is 1. The molecule has 0 amide bonds. The molecule has 2 heteroatoms. The van der Waals surface area contributed by atoms with Crippen molar-refractivity contribution in [3.8, 4) is 0 Å². The Morgan fingerprint density at radius 3 is 2.58 bits per heavy atom. The third kappa shape index (κ3) is 2.78. The number of carboxylic acids is 1. The van der Waals surface area contributed by atoms with Crippen LogP contribution in [0.2, 0.25) is 0 Å². The summed E-state index contributed by atoms with van der Waals surface area (Å²) in [6.45, 7) is 7.50. The van der Waals surface area contributed by atoms with E-state index in [9.17, 15) is 4.79 Å². The highest BCUT2D eigenvalue weighted by atomic mass is 16.4. The van der Waals surface area contributed by atoms with Crippen molar-refractivity contribution in [1.29, 1.82) is 0 Å². The fraction of sp³-hybridized carbons (Fsp3) is 0.875. The topological polar surface area (TPSA) is 37.3 Å². The maximum absolute atomic E-state index is 11.0. The summed E-state index contributed by atoms with van der Waals surface area (Å²) in [6.07, 6.45) is 17.6. The van der Waals surface area contributed by atoms with E-state index in [-0.39, 0.29) is 0 Å². The Morgan fingerprint density at radius 2 is 1.81 bits per heavy atom. The summed E-state index contributed by atoms with van der Waals surface area (Å²) in [5, 5.41) is 9.09. The van der Waals surface area contributed by atoms with Gasteiger partial charge in [0.1, 0.15) is 0 Å². The minimum atomic E-state index is -0.633. The van der Waals surface area contributed by atoms with Gasteiger partial charge in [-0.3, -0.25) is 4.79 Å². The molecule has 0 aromatic rings. The monoisotopic (exact) mass is 358 g/mol. The molecule has 4 rings (SSSR count). The van der Waals surface area contributed by atoms with Gasteiger partial charge in [0.25, 0.3) is 0 Å². The lowest BCUT2D eigenvalue weighted by molar-refractivity contribution is -0.137. The first-order valence-electron chi connectivity index (χ1n) is 11.3. The van der Waals surface area contributed by atoms with Crippen molar-refractivity contribution in [2.24, 2.45) is 46.3 Å². The average Bonchev–Trinajstić information content (AvgIpc) is 2.96. The van der Waals surface area contributed by atoms with Crippen LogP contribution in [-0.2, 0) is 4.79 Å². The second-order valence-corrected chi connectivity index (χ2v) is 10.7. The summed E-state index contributed by atoms with van der Waals surface area (Å²) in [5.74, 6) is 3.96. The molecule has 0 aromatic carbocycles. The number of allylic oxidation sites excluding steroid dienone is 2. The van der Waals surface area contributed by atoms with Crippen LogP contribution in [0.25, 0.3) is 0 Å². The number of hydrogen-bond acceptors (Lipinski definition) is 1. The predicted molar refractivity (Wildman–Crippen MR) is 106 cm³/mol. The Hall–Kier alpha value is -0.790. The van der Waals surface area contributed by atoms with Crippen molar-refractivity contribution in [3.05, 3.63) is 12.2 Å². The number of fused-ring (bicyclic) bond motifs is 5. The number of aliphatic carboxylic acids is 1. The van der Waals surface area contributed by atoms with Gasteiger partial charge in [0.05, 0.1) is 0 Å². The van der Waals surface area contributed by atoms with Crippen molar-refractivity contribution in [3.63, 3.8) is 0 Å². The van der Waals surface area contributed by atoms with E-state index in [1.807, 2.05) is 0 Å². The lowest BCUT2D eigenvalue weighted by Gasteiger charge is -2.58. The van der Waals surface area contributed by atoms with Crippen LogP contribution in [-0.4, -0.2) is 11.1 Å². The van der Waals surface area contributed by atoms with Gasteiger partial charge in [-0.25, -0.2) is 0 Å². The molecule has 0 heterocycles. The third-order valence-electron chi connectivity index (χ3n) is 9.65. The van der Waals surface area contributed by atoms with E-state index in [0.29, 0.717) is 23.2 Å². The van der Waals surface area contributed by atoms with Crippen LogP contribution in [0.1, 0.15) is 85.0 Å². The predicted octanol–water partition coefficient (Wildman–Crippen LogP) is 6.31. The van der Waals surface area contributed by atoms with E-state index in [0.717, 1.165) is 36.0 Å². The van der Waals surface area contributed by atoms with Crippen LogP contribution >= 0.6 is 0 Å². The number of carboxylic acid groups (broad SMARTS) is 1. The van der Waals surface area contributed by atoms with Crippen LogP contribution < -0.4 is 0 Å². The highest BCUT2D eigenvalue weighted by Crippen LogP contribution is 2.66. The molecule has 0 aliphatic heterocycles. The molecule has 4 aliphatic rings. The van der Waals surface area contributed by atoms with Crippen molar-refractivity contribution in [1.82, 2.24) is 0 Å². The molecular weight excluding hydrogens is 320 g/mol. The van der Waals surface area contributed by atoms with Gasteiger partial charge in [-0.05, 0) is 91.3 Å². The van der Waals surface area contributed by atoms with Gasteiger partial charge in [-0.1, -0.05) is 45.8 Å². The average molecular weight is 359 g/mol. The smallest absolute Gasteiger partial charge is 0.303 e. The molecule has 146 valence electrons. The molecule has 26 heavy (non-hydrogen) atoms. The fourth-order valence-corrected chi connectivity index (χ4v) is 8.18. The van der Waals surface area contributed by atoms with Gasteiger partial charge in [0.15, 0.2) is 0 Å². The Labute approximate surface area is 159 Å². The number of rotatable bonds is 4. The van der Waals surface area contributed by atoms with Crippen molar-refractivity contribution >= 4 is 5.97 Å². The standard InChI is InChI=1S/C24H38O2/c1-16(7-12-22(25)26)19-10-11-20-18-9-8-17-6-4-5-14-23(17,2)21(18)13-15-24(19,20)3/h8-9,16-21H,4-7,10-15H2,1-3H3,(H,25,26)/t16-,17+,18+,19-,20+,21+,23+,24-/m1/s1. The summed E-state index contributed by atoms with van der Waals surface area (Å²) in [4.78, 5) is 11.0. The summed E-state index contributed by atoms with van der Waals surface area (Å²) in [6, 6.07) is 0. The highest BCUT2D eigenvalue weighted by molar-refractivity contribution is 5.66. The minimum Gasteiger partial charge on any atom is -0.481 e. The van der Waals surface area contributed by atoms with Gasteiger partial charge in [0, 0.05) is 6.42 Å². The van der Waals surface area contributed by atoms with Crippen LogP contribution in [0.4, 0.5) is 0 Å². The van der Waals surface area contributed by atoms with Gasteiger partial charge in [0.2, 0.25) is 0 Å². The highest BCUT2D eigenvalue weighted by Gasteiger charge is 2.58. The van der Waals surface area contributed by atoms with Crippen molar-refractivity contribution in [2.45, 2.75) is 85.0 Å². The zero-order chi connectivity index (χ0) is 18.5. The Balaban J connectivity index is 1.55. The van der Waals surface area contributed by atoms with Crippen molar-refractivity contribution < 1.29 is 9.90 Å². The second kappa shape index (κ2) is 6.67. The van der Waals surface area contributed by atoms with Crippen LogP contribution in [0.3, 0.4) is 0 Å². The maximum atomic E-state index is 11.0. The first kappa shape index (κ1) is 18.6. The summed E-state index contributed by atoms with van der Waals surface area (Å²) < 4.78 is 0. The summed E-state index contributed by atoms with van der Waals surface area (Å²) in [5.41, 5.74) is 0.979. The van der Waals surface area contributed by atoms with Gasteiger partial charge in [-0.2, -0.15) is 0 Å². The molecule has 0 aromatic heterocycles. The summed E-state index contributed by atoms with van der Waals surface area (Å²) >= 11 is 0. The summed E-state index contributed by atoms with van der Waals surface area (Å²) in [7, 11) is 0. The zero-order valence-electron chi connectivity index (χ0n) is 17.0. The third-order valence-corrected chi connectivity index (χ3v) is 9.65. The quantitative estimate of drug-likeness (QED) is 0.598. The van der Waals surface area contributed by atoms with E-state index in [1.165, 1.54) is 51.4 Å². The molecule has 4 aliphatic carbocycles. The van der Waals surface area contributed by atoms with Crippen LogP contribution in [0.15, 0.2) is 12.2 Å². The molecule has 3 fully saturated rings. The van der Waals surface area contributed by atoms with Gasteiger partial charge < -0.3 is 5.11 Å². The van der Waals surface area contributed by atoms with E-state index >= 15 is 0 Å². The van der Waals surface area contributed by atoms with Crippen LogP contribution in [0, 0.1) is 46.3 Å². The normalized spacial score (nSPS) is 48.3.